The minimum Gasteiger partial charge on any atom is -1.00 e. The Kier molecular flexibility index (Phi) is 11.8. The molecule has 0 fully saturated rings. The minimum atomic E-state index is -0.913. The zero-order chi connectivity index (χ0) is 7.28. The van der Waals surface area contributed by atoms with Gasteiger partial charge < -0.3 is 13.7 Å². The number of carboxylic acids is 1. The van der Waals surface area contributed by atoms with Crippen LogP contribution in [0, 0.1) is 0 Å². The molecule has 10 heavy (non-hydrogen) atoms. The van der Waals surface area contributed by atoms with Crippen molar-refractivity contribution in [3.05, 3.63) is 0 Å². The molecule has 3 N–H and O–H groups in total. The van der Waals surface area contributed by atoms with Crippen molar-refractivity contribution in [3.63, 3.8) is 0 Å². The van der Waals surface area contributed by atoms with E-state index in [-0.39, 0.29) is 51.7 Å². The Labute approximate surface area is 108 Å². The first-order valence-electron chi connectivity index (χ1n) is 2.65. The fourth-order valence-electron chi connectivity index (χ4n) is 0.368. The van der Waals surface area contributed by atoms with Crippen LogP contribution in [-0.2, 0) is 4.79 Å². The molecule has 1 atom stereocenters. The van der Waals surface area contributed by atoms with E-state index in [0.29, 0.717) is 6.42 Å². The summed E-state index contributed by atoms with van der Waals surface area (Å²) in [7, 11) is 0. The van der Waals surface area contributed by atoms with Crippen LogP contribution in [0.2, 0.25) is 0 Å². The molecule has 0 rings (SSSR count). The number of aliphatic carboxylic acids is 1. The predicted octanol–water partition coefficient (Wildman–Crippen LogP) is -0.00440. The molecule has 0 aromatic heterocycles. The quantitative estimate of drug-likeness (QED) is 0.715. The van der Waals surface area contributed by atoms with Gasteiger partial charge in [0, 0.05) is 0 Å². The van der Waals surface area contributed by atoms with Crippen LogP contribution in [0.15, 0.2) is 0 Å². The smallest absolute Gasteiger partial charge is 1.00 e. The predicted molar refractivity (Wildman–Crippen MR) is 46.6 cm³/mol. The molecule has 3 nitrogen and oxygen atoms in total. The molecule has 0 aliphatic rings. The fourth-order valence-corrected chi connectivity index (χ4v) is 0.858. The number of carboxylic acid groups (broad SMARTS) is 1. The van der Waals surface area contributed by atoms with Gasteiger partial charge in [-0.3, -0.25) is 4.79 Å². The van der Waals surface area contributed by atoms with Crippen LogP contribution in [0.1, 0.15) is 9.27 Å². The number of nitrogens with two attached hydrogens (primary N) is 1. The summed E-state index contributed by atoms with van der Waals surface area (Å²) in [6.07, 6.45) is 2.48. The summed E-state index contributed by atoms with van der Waals surface area (Å²) in [4.78, 5) is 10.1. The molecule has 5 heteroatoms. The standard InChI is InChI=1S/C5H11NO2S.Ba.2H/c1-9-3-2-4(6)5(7)8;;;/h4H,2-3,6H2,1H3,(H,7,8);;;/q;+2;2*-1. The topological polar surface area (TPSA) is 63.3 Å². The number of carbonyl (C=O) groups is 1. The summed E-state index contributed by atoms with van der Waals surface area (Å²) in [5.74, 6) is -0.1000. The van der Waals surface area contributed by atoms with Crippen molar-refractivity contribution >= 4 is 66.6 Å². The van der Waals surface area contributed by atoms with Gasteiger partial charge in [-0.2, -0.15) is 11.8 Å². The van der Waals surface area contributed by atoms with Crippen LogP contribution in [0.4, 0.5) is 0 Å². The molecule has 0 bridgehead atoms. The van der Waals surface area contributed by atoms with E-state index in [9.17, 15) is 4.79 Å². The van der Waals surface area contributed by atoms with Crippen LogP contribution in [-0.4, -0.2) is 78.0 Å². The van der Waals surface area contributed by atoms with Crippen LogP contribution < -0.4 is 5.73 Å². The van der Waals surface area contributed by atoms with Gasteiger partial charge in [0.1, 0.15) is 6.04 Å². The van der Waals surface area contributed by atoms with Crippen molar-refractivity contribution in [1.82, 2.24) is 0 Å². The van der Waals surface area contributed by atoms with Gasteiger partial charge in [0.25, 0.3) is 0 Å². The van der Waals surface area contributed by atoms with Crippen LogP contribution in [0.5, 0.6) is 0 Å². The Morgan fingerprint density at radius 3 is 2.70 bits per heavy atom. The third kappa shape index (κ3) is 7.46. The molecule has 0 aliphatic carbocycles. The van der Waals surface area contributed by atoms with Gasteiger partial charge in [0.15, 0.2) is 0 Å². The first-order valence-corrected chi connectivity index (χ1v) is 4.05. The maximum atomic E-state index is 10.1. The second-order valence-electron chi connectivity index (χ2n) is 1.73. The molecule has 0 amide bonds. The molecular formula is C5H13BaNO2S. The van der Waals surface area contributed by atoms with E-state index in [1.807, 2.05) is 6.26 Å². The zero-order valence-corrected chi connectivity index (χ0v) is 11.3. The van der Waals surface area contributed by atoms with Crippen molar-refractivity contribution in [2.24, 2.45) is 5.73 Å². The Balaban J connectivity index is -0.000000107. The summed E-state index contributed by atoms with van der Waals surface area (Å²) < 4.78 is 0. The first kappa shape index (κ1) is 13.9. The Morgan fingerprint density at radius 1 is 1.90 bits per heavy atom. The molecule has 0 aliphatic heterocycles. The van der Waals surface area contributed by atoms with Gasteiger partial charge in [0.2, 0.25) is 0 Å². The Hall–Kier alpha value is 1.35. The number of thioether (sulfide) groups is 1. The van der Waals surface area contributed by atoms with Gasteiger partial charge >= 0.3 is 54.9 Å². The van der Waals surface area contributed by atoms with E-state index in [1.165, 1.54) is 0 Å². The summed E-state index contributed by atoms with van der Waals surface area (Å²) in [6, 6.07) is -0.683. The number of hydrogen-bond donors (Lipinski definition) is 2. The third-order valence-corrected chi connectivity index (χ3v) is 1.59. The van der Waals surface area contributed by atoms with Gasteiger partial charge in [-0.25, -0.2) is 0 Å². The fraction of sp³-hybridized carbons (Fsp3) is 0.800. The van der Waals surface area contributed by atoms with E-state index in [4.69, 9.17) is 10.8 Å². The summed E-state index contributed by atoms with van der Waals surface area (Å²) in [6.45, 7) is 0. The maximum absolute atomic E-state index is 10.1. The monoisotopic (exact) mass is 289 g/mol. The van der Waals surface area contributed by atoms with Crippen LogP contribution in [0.25, 0.3) is 0 Å². The van der Waals surface area contributed by atoms with Gasteiger partial charge in [-0.15, -0.1) is 0 Å². The van der Waals surface area contributed by atoms with E-state index >= 15 is 0 Å². The average Bonchev–Trinajstić information content (AvgIpc) is 1.82. The van der Waals surface area contributed by atoms with Crippen molar-refractivity contribution in [2.45, 2.75) is 12.5 Å². The molecule has 0 saturated carbocycles. The summed E-state index contributed by atoms with van der Waals surface area (Å²) >= 11 is 1.60. The van der Waals surface area contributed by atoms with Crippen molar-refractivity contribution in [1.29, 1.82) is 0 Å². The molecule has 0 spiro atoms. The van der Waals surface area contributed by atoms with Crippen LogP contribution in [0.3, 0.4) is 0 Å². The van der Waals surface area contributed by atoms with Crippen molar-refractivity contribution in [2.75, 3.05) is 12.0 Å². The summed E-state index contributed by atoms with van der Waals surface area (Å²) in [5.41, 5.74) is 5.19. The summed E-state index contributed by atoms with van der Waals surface area (Å²) in [5, 5.41) is 8.27. The largest absolute Gasteiger partial charge is 2.00 e. The number of rotatable bonds is 4. The van der Waals surface area contributed by atoms with E-state index in [1.54, 1.807) is 11.8 Å². The zero-order valence-electron chi connectivity index (χ0n) is 8.04. The van der Waals surface area contributed by atoms with E-state index in [0.717, 1.165) is 5.75 Å². The average molecular weight is 289 g/mol. The molecule has 0 aromatic rings. The second kappa shape index (κ2) is 8.45. The van der Waals surface area contributed by atoms with E-state index < -0.39 is 12.0 Å². The molecule has 1 unspecified atom stereocenters. The SMILES string of the molecule is CSCCC(N)C(=O)O.[Ba+2].[H-].[H-]. The van der Waals surface area contributed by atoms with Crippen molar-refractivity contribution in [3.8, 4) is 0 Å². The molecule has 0 heterocycles. The molecular weight excluding hydrogens is 275 g/mol. The van der Waals surface area contributed by atoms with E-state index in [2.05, 4.69) is 0 Å². The van der Waals surface area contributed by atoms with Gasteiger partial charge in [-0.05, 0) is 18.4 Å². The maximum Gasteiger partial charge on any atom is 2.00 e. The molecule has 0 aromatic carbocycles. The third-order valence-electron chi connectivity index (χ3n) is 0.950. The Bertz CT molecular complexity index is 109. The normalized spacial score (nSPS) is 11.8. The Morgan fingerprint density at radius 2 is 2.40 bits per heavy atom. The number of hydrogen-bond acceptors (Lipinski definition) is 3. The van der Waals surface area contributed by atoms with Gasteiger partial charge in [-0.1, -0.05) is 0 Å². The molecule has 0 radical (unpaired) electrons. The molecule has 58 valence electrons. The van der Waals surface area contributed by atoms with Gasteiger partial charge in [0.05, 0.1) is 0 Å². The van der Waals surface area contributed by atoms with Crippen LogP contribution >= 0.6 is 11.8 Å². The first-order chi connectivity index (χ1) is 4.18. The minimum absolute atomic E-state index is 0. The second-order valence-corrected chi connectivity index (χ2v) is 2.71. The van der Waals surface area contributed by atoms with Crippen molar-refractivity contribution < 1.29 is 12.8 Å². The molecule has 0 saturated heterocycles.